The third-order valence-corrected chi connectivity index (χ3v) is 9.53. The number of nitrogens with zero attached hydrogens (tertiary/aromatic N) is 1. The fourth-order valence-electron chi connectivity index (χ4n) is 4.36. The monoisotopic (exact) mass is 631 g/mol. The van der Waals surface area contributed by atoms with Crippen molar-refractivity contribution in [2.24, 2.45) is 0 Å². The average molecular weight is 632 g/mol. The maximum atomic E-state index is 13.9. The second-order valence-corrected chi connectivity index (χ2v) is 12.9. The van der Waals surface area contributed by atoms with Crippen molar-refractivity contribution in [3.05, 3.63) is 120 Å². The van der Waals surface area contributed by atoms with E-state index in [4.69, 9.17) is 13.3 Å². The molecule has 5 rings (SSSR count). The molecule has 0 saturated carbocycles. The van der Waals surface area contributed by atoms with E-state index in [1.54, 1.807) is 36.4 Å². The third kappa shape index (κ3) is 6.69. The largest absolute Gasteiger partial charge is 0.493 e. The number of hydrogen-bond acceptors (Lipinski definition) is 7. The zero-order valence-electron chi connectivity index (χ0n) is 22.5. The Kier molecular flexibility index (Phi) is 8.23. The van der Waals surface area contributed by atoms with Crippen LogP contribution in [0.3, 0.4) is 0 Å². The molecule has 0 aliphatic heterocycles. The minimum Gasteiger partial charge on any atom is -0.493 e. The van der Waals surface area contributed by atoms with Crippen molar-refractivity contribution in [2.45, 2.75) is 29.1 Å². The van der Waals surface area contributed by atoms with Crippen LogP contribution in [0.5, 0.6) is 11.5 Å². The van der Waals surface area contributed by atoms with Crippen molar-refractivity contribution in [1.29, 1.82) is 0 Å². The molecule has 0 N–H and O–H groups in total. The molecule has 0 saturated heterocycles. The lowest BCUT2D eigenvalue weighted by molar-refractivity contribution is -0.137. The normalized spacial score (nSPS) is 12.5. The number of hydrogen-bond donors (Lipinski definition) is 0. The minimum atomic E-state index is -4.77. The summed E-state index contributed by atoms with van der Waals surface area (Å²) in [5, 5.41) is 1.58. The first kappa shape index (κ1) is 30.1. The van der Waals surface area contributed by atoms with Crippen LogP contribution >= 0.6 is 0 Å². The molecule has 0 fully saturated rings. The van der Waals surface area contributed by atoms with Gasteiger partial charge in [0.25, 0.3) is 0 Å². The van der Waals surface area contributed by atoms with Crippen LogP contribution in [-0.4, -0.2) is 28.3 Å². The summed E-state index contributed by atoms with van der Waals surface area (Å²) in [4.78, 5) is -0.678. The Labute approximate surface area is 246 Å². The van der Waals surface area contributed by atoms with Crippen molar-refractivity contribution in [3.8, 4) is 11.5 Å². The molecule has 0 aliphatic rings. The first-order chi connectivity index (χ1) is 20.4. The van der Waals surface area contributed by atoms with Gasteiger partial charge in [0.1, 0.15) is 10.7 Å². The van der Waals surface area contributed by atoms with Gasteiger partial charge in [-0.2, -0.15) is 25.9 Å². The van der Waals surface area contributed by atoms with Crippen molar-refractivity contribution < 1.29 is 43.3 Å². The summed E-state index contributed by atoms with van der Waals surface area (Å²) in [5.41, 5.74) is -0.851. The van der Waals surface area contributed by atoms with Crippen LogP contribution in [0.25, 0.3) is 10.8 Å². The van der Waals surface area contributed by atoms with Gasteiger partial charge in [0, 0.05) is 6.54 Å². The standard InChI is InChI=1S/C30H24F3NO7S2/c1-39-28-14-11-21(16-29(28)41-43(37,38)27-10-4-8-24(18-27)30(31,32)33)19-34(20-25-9-5-15-40-25)42(35,36)26-13-12-22-6-2-3-7-23(22)17-26/h2-18H,19-20H2,1H3. The molecule has 0 unspecified atom stereocenters. The number of ether oxygens (including phenoxy) is 1. The molecular formula is C30H24F3NO7S2. The molecule has 0 bridgehead atoms. The molecule has 4 aromatic carbocycles. The Morgan fingerprint density at radius 3 is 2.21 bits per heavy atom. The lowest BCUT2D eigenvalue weighted by atomic mass is 10.1. The predicted octanol–water partition coefficient (Wildman–Crippen LogP) is 6.62. The summed E-state index contributed by atoms with van der Waals surface area (Å²) in [6.45, 7) is -0.382. The van der Waals surface area contributed by atoms with Gasteiger partial charge in [-0.25, -0.2) is 8.42 Å². The second-order valence-electron chi connectivity index (χ2n) is 9.41. The highest BCUT2D eigenvalue weighted by molar-refractivity contribution is 7.89. The number of sulfonamides is 1. The number of benzene rings is 4. The lowest BCUT2D eigenvalue weighted by Crippen LogP contribution is -2.30. The molecule has 1 aromatic heterocycles. The third-order valence-electron chi connectivity index (χ3n) is 6.51. The molecule has 43 heavy (non-hydrogen) atoms. The minimum absolute atomic E-state index is 0.0331. The van der Waals surface area contributed by atoms with E-state index in [9.17, 15) is 30.0 Å². The van der Waals surface area contributed by atoms with Crippen molar-refractivity contribution in [2.75, 3.05) is 7.11 Å². The average Bonchev–Trinajstić information content (AvgIpc) is 3.49. The van der Waals surface area contributed by atoms with Gasteiger partial charge in [-0.1, -0.05) is 42.5 Å². The highest BCUT2D eigenvalue weighted by Crippen LogP contribution is 2.35. The summed E-state index contributed by atoms with van der Waals surface area (Å²) < 4.78 is 110. The quantitative estimate of drug-likeness (QED) is 0.160. The van der Waals surface area contributed by atoms with Crippen LogP contribution in [0.1, 0.15) is 16.9 Å². The van der Waals surface area contributed by atoms with Crippen LogP contribution < -0.4 is 8.92 Å². The molecule has 0 radical (unpaired) electrons. The topological polar surface area (TPSA) is 103 Å². The predicted molar refractivity (Wildman–Crippen MR) is 151 cm³/mol. The van der Waals surface area contributed by atoms with Crippen molar-refractivity contribution >= 4 is 30.9 Å². The summed E-state index contributed by atoms with van der Waals surface area (Å²) >= 11 is 0. The highest BCUT2D eigenvalue weighted by atomic mass is 32.2. The number of methoxy groups -OCH3 is 1. The van der Waals surface area contributed by atoms with E-state index >= 15 is 0 Å². The molecule has 8 nitrogen and oxygen atoms in total. The SMILES string of the molecule is COc1ccc(CN(Cc2ccco2)S(=O)(=O)c2ccc3ccccc3c2)cc1OS(=O)(=O)c1cccc(C(F)(F)F)c1. The first-order valence-electron chi connectivity index (χ1n) is 12.7. The molecule has 1 heterocycles. The van der Waals surface area contributed by atoms with Gasteiger partial charge < -0.3 is 13.3 Å². The van der Waals surface area contributed by atoms with E-state index in [0.717, 1.165) is 33.3 Å². The fraction of sp³-hybridized carbons (Fsp3) is 0.133. The zero-order chi connectivity index (χ0) is 30.8. The second kappa shape index (κ2) is 11.7. The maximum absolute atomic E-state index is 13.9. The van der Waals surface area contributed by atoms with E-state index < -0.39 is 36.8 Å². The molecule has 224 valence electrons. The molecule has 13 heteroatoms. The van der Waals surface area contributed by atoms with Gasteiger partial charge >= 0.3 is 16.3 Å². The number of furan rings is 1. The zero-order valence-corrected chi connectivity index (χ0v) is 24.1. The Morgan fingerprint density at radius 2 is 1.51 bits per heavy atom. The smallest absolute Gasteiger partial charge is 0.416 e. The van der Waals surface area contributed by atoms with E-state index in [1.165, 1.54) is 37.6 Å². The summed E-state index contributed by atoms with van der Waals surface area (Å²) in [6, 6.07) is 22.6. The van der Waals surface area contributed by atoms with Gasteiger partial charge in [-0.15, -0.1) is 0 Å². The fourth-order valence-corrected chi connectivity index (χ4v) is 6.77. The number of halogens is 3. The molecular weight excluding hydrogens is 607 g/mol. The van der Waals surface area contributed by atoms with E-state index in [-0.39, 0.29) is 29.5 Å². The summed E-state index contributed by atoms with van der Waals surface area (Å²) in [7, 11) is -7.59. The molecule has 0 amide bonds. The van der Waals surface area contributed by atoms with Crippen LogP contribution in [0.2, 0.25) is 0 Å². The Morgan fingerprint density at radius 1 is 0.744 bits per heavy atom. The summed E-state index contributed by atoms with van der Waals surface area (Å²) in [6.07, 6.45) is -3.36. The van der Waals surface area contributed by atoms with Crippen LogP contribution in [-0.2, 0) is 39.4 Å². The molecule has 0 spiro atoms. The summed E-state index contributed by atoms with van der Waals surface area (Å²) in [5.74, 6) is -0.00536. The number of rotatable bonds is 10. The van der Waals surface area contributed by atoms with Gasteiger partial charge in [0.2, 0.25) is 10.0 Å². The molecule has 0 atom stereocenters. The Balaban J connectivity index is 1.49. The van der Waals surface area contributed by atoms with Gasteiger partial charge in [-0.3, -0.25) is 0 Å². The first-order valence-corrected chi connectivity index (χ1v) is 15.5. The maximum Gasteiger partial charge on any atom is 0.416 e. The number of alkyl halides is 3. The van der Waals surface area contributed by atoms with Gasteiger partial charge in [0.05, 0.1) is 30.4 Å². The Bertz CT molecular complexity index is 1970. The molecule has 5 aromatic rings. The van der Waals surface area contributed by atoms with Gasteiger partial charge in [0.15, 0.2) is 11.5 Å². The van der Waals surface area contributed by atoms with E-state index in [0.29, 0.717) is 17.4 Å². The van der Waals surface area contributed by atoms with Crippen LogP contribution in [0, 0.1) is 0 Å². The van der Waals surface area contributed by atoms with Crippen LogP contribution in [0.15, 0.2) is 118 Å². The number of fused-ring (bicyclic) bond motifs is 1. The highest BCUT2D eigenvalue weighted by Gasteiger charge is 2.32. The Hall–Kier alpha value is -4.33. The van der Waals surface area contributed by atoms with Crippen molar-refractivity contribution in [1.82, 2.24) is 4.31 Å². The van der Waals surface area contributed by atoms with Crippen molar-refractivity contribution in [3.63, 3.8) is 0 Å². The van der Waals surface area contributed by atoms with E-state index in [1.807, 2.05) is 12.1 Å². The van der Waals surface area contributed by atoms with Gasteiger partial charge in [-0.05, 0) is 70.9 Å². The lowest BCUT2D eigenvalue weighted by Gasteiger charge is -2.22. The van der Waals surface area contributed by atoms with Crippen LogP contribution in [0.4, 0.5) is 13.2 Å². The molecule has 0 aliphatic carbocycles. The van der Waals surface area contributed by atoms with E-state index in [2.05, 4.69) is 0 Å².